The zero-order chi connectivity index (χ0) is 22.0. The van der Waals surface area contributed by atoms with Gasteiger partial charge in [0.25, 0.3) is 0 Å². The Labute approximate surface area is 195 Å². The molecule has 0 saturated heterocycles. The van der Waals surface area contributed by atoms with Crippen LogP contribution in [-0.4, -0.2) is 10.9 Å². The molecule has 0 aliphatic rings. The molecule has 0 radical (unpaired) electrons. The lowest BCUT2D eigenvalue weighted by Gasteiger charge is -2.04. The Hall–Kier alpha value is 0.0200. The molecule has 0 aromatic rings. The summed E-state index contributed by atoms with van der Waals surface area (Å²) in [7, 11) is 0. The first kappa shape index (κ1) is 30.0. The number of hydrogen-bond donors (Lipinski definition) is 0. The zero-order valence-electron chi connectivity index (χ0n) is 21.0. The highest BCUT2D eigenvalue weighted by Gasteiger charge is 2.02. The molecule has 0 aliphatic heterocycles. The highest BCUT2D eigenvalue weighted by molar-refractivity contribution is 8.13. The molecule has 0 atom stereocenters. The zero-order valence-corrected chi connectivity index (χ0v) is 21.8. The van der Waals surface area contributed by atoms with Crippen molar-refractivity contribution in [3.8, 4) is 0 Å². The fourth-order valence-corrected chi connectivity index (χ4v) is 5.00. The van der Waals surface area contributed by atoms with E-state index in [1.807, 2.05) is 0 Å². The number of unbranched alkanes of at least 4 members (excludes halogenated alkanes) is 21. The van der Waals surface area contributed by atoms with Crippen LogP contribution in [0, 0.1) is 0 Å². The summed E-state index contributed by atoms with van der Waals surface area (Å²) in [6.45, 7) is 4.57. The molecule has 0 amide bonds. The molecule has 0 rings (SSSR count). The van der Waals surface area contributed by atoms with E-state index in [1.54, 1.807) is 11.8 Å². The summed E-state index contributed by atoms with van der Waals surface area (Å²) in [5, 5.41) is 0.439. The van der Waals surface area contributed by atoms with Gasteiger partial charge in [0.05, 0.1) is 0 Å². The van der Waals surface area contributed by atoms with E-state index in [2.05, 4.69) is 13.8 Å². The quantitative estimate of drug-likeness (QED) is 0.131. The van der Waals surface area contributed by atoms with Gasteiger partial charge in [-0.15, -0.1) is 0 Å². The van der Waals surface area contributed by atoms with Crippen LogP contribution in [0.25, 0.3) is 0 Å². The fraction of sp³-hybridized carbons (Fsp3) is 0.964. The highest BCUT2D eigenvalue weighted by Crippen LogP contribution is 2.16. The molecule has 0 unspecified atom stereocenters. The van der Waals surface area contributed by atoms with Crippen molar-refractivity contribution in [2.45, 2.75) is 168 Å². The Morgan fingerprint density at radius 3 is 1.10 bits per heavy atom. The van der Waals surface area contributed by atoms with Crippen LogP contribution >= 0.6 is 11.8 Å². The Bertz CT molecular complexity index is 329. The highest BCUT2D eigenvalue weighted by atomic mass is 32.2. The van der Waals surface area contributed by atoms with E-state index in [4.69, 9.17) is 0 Å². The lowest BCUT2D eigenvalue weighted by molar-refractivity contribution is -0.111. The first-order valence-electron chi connectivity index (χ1n) is 14.0. The summed E-state index contributed by atoms with van der Waals surface area (Å²) in [4.78, 5) is 12.0. The third-order valence-electron chi connectivity index (χ3n) is 6.25. The predicted molar refractivity (Wildman–Crippen MR) is 140 cm³/mol. The van der Waals surface area contributed by atoms with Gasteiger partial charge in [-0.2, -0.15) is 0 Å². The Morgan fingerprint density at radius 1 is 0.433 bits per heavy atom. The third kappa shape index (κ3) is 26.1. The molecule has 0 heterocycles. The maximum absolute atomic E-state index is 12.0. The molecule has 0 aromatic carbocycles. The van der Waals surface area contributed by atoms with Gasteiger partial charge in [-0.05, 0) is 12.8 Å². The van der Waals surface area contributed by atoms with Crippen LogP contribution in [0.15, 0.2) is 0 Å². The van der Waals surface area contributed by atoms with Crippen LogP contribution in [0.1, 0.15) is 168 Å². The van der Waals surface area contributed by atoms with E-state index in [0.29, 0.717) is 5.12 Å². The van der Waals surface area contributed by atoms with Crippen molar-refractivity contribution in [2.75, 3.05) is 5.75 Å². The Morgan fingerprint density at radius 2 is 0.733 bits per heavy atom. The van der Waals surface area contributed by atoms with Crippen LogP contribution in [0.4, 0.5) is 0 Å². The van der Waals surface area contributed by atoms with E-state index in [0.717, 1.165) is 18.6 Å². The van der Waals surface area contributed by atoms with E-state index < -0.39 is 0 Å². The van der Waals surface area contributed by atoms with Crippen LogP contribution in [0.5, 0.6) is 0 Å². The Balaban J connectivity index is 3.13. The molecule has 180 valence electrons. The van der Waals surface area contributed by atoms with Gasteiger partial charge in [0.15, 0.2) is 5.12 Å². The standard InChI is InChI=1S/C28H56OS/c1-3-5-7-9-11-13-15-16-17-18-20-22-24-26-28(29)30-27-25-23-21-19-14-12-10-8-6-4-2/h3-27H2,1-2H3. The monoisotopic (exact) mass is 440 g/mol. The van der Waals surface area contributed by atoms with Gasteiger partial charge >= 0.3 is 0 Å². The summed E-state index contributed by atoms with van der Waals surface area (Å²) in [6, 6.07) is 0. The molecular formula is C28H56OS. The molecule has 0 aliphatic carbocycles. The van der Waals surface area contributed by atoms with E-state index in [1.165, 1.54) is 141 Å². The van der Waals surface area contributed by atoms with Crippen molar-refractivity contribution >= 4 is 16.9 Å². The van der Waals surface area contributed by atoms with Crippen LogP contribution in [-0.2, 0) is 4.79 Å². The minimum Gasteiger partial charge on any atom is -0.287 e. The topological polar surface area (TPSA) is 17.1 Å². The van der Waals surface area contributed by atoms with Gasteiger partial charge in [-0.25, -0.2) is 0 Å². The molecular weight excluding hydrogens is 384 g/mol. The van der Waals surface area contributed by atoms with Crippen LogP contribution in [0.2, 0.25) is 0 Å². The van der Waals surface area contributed by atoms with Crippen molar-refractivity contribution in [3.05, 3.63) is 0 Å². The van der Waals surface area contributed by atoms with Crippen molar-refractivity contribution in [2.24, 2.45) is 0 Å². The second kappa shape index (κ2) is 27.1. The third-order valence-corrected chi connectivity index (χ3v) is 7.26. The molecule has 0 bridgehead atoms. The summed E-state index contributed by atoms with van der Waals surface area (Å²) in [6.07, 6.45) is 32.4. The molecule has 0 spiro atoms. The lowest BCUT2D eigenvalue weighted by atomic mass is 10.0. The largest absolute Gasteiger partial charge is 0.287 e. The first-order chi connectivity index (χ1) is 14.8. The van der Waals surface area contributed by atoms with Gasteiger partial charge in [-0.3, -0.25) is 4.79 Å². The van der Waals surface area contributed by atoms with Gasteiger partial charge in [-0.1, -0.05) is 160 Å². The average molecular weight is 441 g/mol. The Kier molecular flexibility index (Phi) is 27.1. The first-order valence-corrected chi connectivity index (χ1v) is 15.0. The minimum absolute atomic E-state index is 0.439. The summed E-state index contributed by atoms with van der Waals surface area (Å²) in [5.41, 5.74) is 0. The maximum Gasteiger partial charge on any atom is 0.188 e. The van der Waals surface area contributed by atoms with E-state index >= 15 is 0 Å². The summed E-state index contributed by atoms with van der Waals surface area (Å²) >= 11 is 1.60. The molecule has 1 nitrogen and oxygen atoms in total. The van der Waals surface area contributed by atoms with Crippen molar-refractivity contribution in [1.82, 2.24) is 0 Å². The molecule has 0 fully saturated rings. The fourth-order valence-electron chi connectivity index (χ4n) is 4.13. The lowest BCUT2D eigenvalue weighted by Crippen LogP contribution is -1.94. The predicted octanol–water partition coefficient (Wildman–Crippen LogP) is 10.6. The normalized spacial score (nSPS) is 11.3. The number of carbonyl (C=O) groups is 1. The van der Waals surface area contributed by atoms with Gasteiger partial charge in [0.2, 0.25) is 0 Å². The molecule has 30 heavy (non-hydrogen) atoms. The van der Waals surface area contributed by atoms with Gasteiger partial charge in [0, 0.05) is 12.2 Å². The second-order valence-electron chi connectivity index (χ2n) is 9.40. The number of rotatable bonds is 25. The summed E-state index contributed by atoms with van der Waals surface area (Å²) in [5.74, 6) is 1.05. The van der Waals surface area contributed by atoms with Crippen LogP contribution < -0.4 is 0 Å². The van der Waals surface area contributed by atoms with Crippen molar-refractivity contribution in [3.63, 3.8) is 0 Å². The maximum atomic E-state index is 12.0. The molecule has 0 N–H and O–H groups in total. The van der Waals surface area contributed by atoms with Gasteiger partial charge in [0.1, 0.15) is 0 Å². The van der Waals surface area contributed by atoms with E-state index in [9.17, 15) is 4.79 Å². The number of hydrogen-bond acceptors (Lipinski definition) is 2. The molecule has 2 heteroatoms. The average Bonchev–Trinajstić information content (AvgIpc) is 2.75. The summed E-state index contributed by atoms with van der Waals surface area (Å²) < 4.78 is 0. The molecule has 0 aromatic heterocycles. The van der Waals surface area contributed by atoms with Gasteiger partial charge < -0.3 is 0 Å². The van der Waals surface area contributed by atoms with Crippen molar-refractivity contribution < 1.29 is 4.79 Å². The smallest absolute Gasteiger partial charge is 0.188 e. The van der Waals surface area contributed by atoms with E-state index in [-0.39, 0.29) is 0 Å². The van der Waals surface area contributed by atoms with Crippen LogP contribution in [0.3, 0.4) is 0 Å². The number of thioether (sulfide) groups is 1. The minimum atomic E-state index is 0.439. The number of carbonyl (C=O) groups excluding carboxylic acids is 1. The van der Waals surface area contributed by atoms with Crippen molar-refractivity contribution in [1.29, 1.82) is 0 Å². The second-order valence-corrected chi connectivity index (χ2v) is 10.5. The molecule has 0 saturated carbocycles. The SMILES string of the molecule is CCCCCCCCCCCCCCCC(=O)SCCCCCCCCCCCC.